The van der Waals surface area contributed by atoms with Crippen molar-refractivity contribution >= 4 is 0 Å². The van der Waals surface area contributed by atoms with E-state index >= 15 is 0 Å². The van der Waals surface area contributed by atoms with Crippen molar-refractivity contribution in [3.8, 4) is 28.9 Å². The zero-order chi connectivity index (χ0) is 17.3. The highest BCUT2D eigenvalue weighted by atomic mass is 19.4. The molecule has 24 heavy (non-hydrogen) atoms. The second-order valence-corrected chi connectivity index (χ2v) is 4.85. The number of nitrogens with zero attached hydrogens (tertiary/aromatic N) is 4. The first-order chi connectivity index (χ1) is 11.4. The number of alkyl halides is 3. The number of aromatic amines is 1. The first kappa shape index (κ1) is 15.7. The molecule has 2 aromatic heterocycles. The average molecular weight is 333 g/mol. The van der Waals surface area contributed by atoms with Crippen molar-refractivity contribution < 1.29 is 17.6 Å². The van der Waals surface area contributed by atoms with Crippen molar-refractivity contribution in [2.45, 2.75) is 19.5 Å². The molecule has 3 rings (SSSR count). The number of benzene rings is 1. The van der Waals surface area contributed by atoms with Crippen LogP contribution in [-0.2, 0) is 12.6 Å². The van der Waals surface area contributed by atoms with Crippen LogP contribution in [0.2, 0.25) is 0 Å². The van der Waals surface area contributed by atoms with Gasteiger partial charge in [0.25, 0.3) is 0 Å². The van der Waals surface area contributed by atoms with Crippen LogP contribution in [0.3, 0.4) is 0 Å². The van der Waals surface area contributed by atoms with E-state index in [1.165, 1.54) is 12.1 Å². The molecule has 6 nitrogen and oxygen atoms in total. The van der Waals surface area contributed by atoms with Crippen LogP contribution in [-0.4, -0.2) is 20.4 Å². The smallest absolute Gasteiger partial charge is 0.416 e. The molecule has 0 amide bonds. The van der Waals surface area contributed by atoms with Crippen molar-refractivity contribution in [3.05, 3.63) is 41.3 Å². The SMILES string of the molecule is CCc1oc(-c2ccc(C(F)(F)F)cc2)nc1-c1n[nH]nc1C#N. The molecule has 0 aliphatic carbocycles. The van der Waals surface area contributed by atoms with E-state index in [9.17, 15) is 13.2 Å². The molecule has 0 bridgehead atoms. The maximum Gasteiger partial charge on any atom is 0.416 e. The second-order valence-electron chi connectivity index (χ2n) is 4.85. The Balaban J connectivity index is 2.03. The van der Waals surface area contributed by atoms with Gasteiger partial charge in [0.05, 0.1) is 5.56 Å². The largest absolute Gasteiger partial charge is 0.440 e. The molecule has 0 atom stereocenters. The summed E-state index contributed by atoms with van der Waals surface area (Å²) in [5, 5.41) is 19.0. The van der Waals surface area contributed by atoms with Gasteiger partial charge in [0.2, 0.25) is 5.89 Å². The zero-order valence-electron chi connectivity index (χ0n) is 12.3. The first-order valence-electron chi connectivity index (χ1n) is 6.92. The van der Waals surface area contributed by atoms with E-state index in [0.29, 0.717) is 23.4 Å². The summed E-state index contributed by atoms with van der Waals surface area (Å²) >= 11 is 0. The van der Waals surface area contributed by atoms with Gasteiger partial charge in [-0.15, -0.1) is 5.10 Å². The van der Waals surface area contributed by atoms with E-state index in [4.69, 9.17) is 9.68 Å². The maximum absolute atomic E-state index is 12.6. The number of hydrogen-bond donors (Lipinski definition) is 1. The summed E-state index contributed by atoms with van der Waals surface area (Å²) in [6.45, 7) is 1.83. The van der Waals surface area contributed by atoms with Gasteiger partial charge >= 0.3 is 6.18 Å². The van der Waals surface area contributed by atoms with Crippen LogP contribution in [0, 0.1) is 11.3 Å². The molecule has 1 aromatic carbocycles. The summed E-state index contributed by atoms with van der Waals surface area (Å²) < 4.78 is 43.5. The topological polar surface area (TPSA) is 91.4 Å². The van der Waals surface area contributed by atoms with Gasteiger partial charge in [-0.2, -0.15) is 28.7 Å². The van der Waals surface area contributed by atoms with Gasteiger partial charge < -0.3 is 4.42 Å². The highest BCUT2D eigenvalue weighted by Gasteiger charge is 2.30. The Bertz CT molecular complexity index is 903. The van der Waals surface area contributed by atoms with E-state index in [1.54, 1.807) is 0 Å². The predicted molar refractivity (Wildman–Crippen MR) is 76.4 cm³/mol. The fraction of sp³-hybridized carbons (Fsp3) is 0.200. The Kier molecular flexibility index (Phi) is 3.81. The lowest BCUT2D eigenvalue weighted by Gasteiger charge is -2.06. The van der Waals surface area contributed by atoms with Gasteiger partial charge in [0.15, 0.2) is 11.4 Å². The highest BCUT2D eigenvalue weighted by Crippen LogP contribution is 2.33. The normalized spacial score (nSPS) is 11.5. The number of hydrogen-bond acceptors (Lipinski definition) is 5. The van der Waals surface area contributed by atoms with Crippen LogP contribution >= 0.6 is 0 Å². The zero-order valence-corrected chi connectivity index (χ0v) is 12.3. The maximum atomic E-state index is 12.6. The van der Waals surface area contributed by atoms with Crippen LogP contribution < -0.4 is 0 Å². The number of nitrogens with one attached hydrogen (secondary N) is 1. The minimum Gasteiger partial charge on any atom is -0.440 e. The van der Waals surface area contributed by atoms with Gasteiger partial charge in [0.1, 0.15) is 17.5 Å². The van der Waals surface area contributed by atoms with Gasteiger partial charge in [-0.05, 0) is 24.3 Å². The third-order valence-electron chi connectivity index (χ3n) is 3.36. The highest BCUT2D eigenvalue weighted by molar-refractivity contribution is 5.66. The molecule has 2 heterocycles. The van der Waals surface area contributed by atoms with Crippen LogP contribution in [0.25, 0.3) is 22.8 Å². The fourth-order valence-electron chi connectivity index (χ4n) is 2.18. The molecule has 0 unspecified atom stereocenters. The van der Waals surface area contributed by atoms with Crippen molar-refractivity contribution in [3.63, 3.8) is 0 Å². The summed E-state index contributed by atoms with van der Waals surface area (Å²) in [7, 11) is 0. The molecule has 0 aliphatic rings. The van der Waals surface area contributed by atoms with E-state index < -0.39 is 11.7 Å². The van der Waals surface area contributed by atoms with Crippen molar-refractivity contribution in [1.82, 2.24) is 20.4 Å². The standard InChI is InChI=1S/C15H10F3N5O/c1-2-11-13(12-10(7-19)21-23-22-12)20-14(24-11)8-3-5-9(6-4-8)15(16,17)18/h3-6H,2H2,1H3,(H,21,22,23). The predicted octanol–water partition coefficient (Wildman–Crippen LogP) is 3.58. The number of aromatic nitrogens is 4. The molecular weight excluding hydrogens is 323 g/mol. The molecule has 9 heteroatoms. The molecular formula is C15H10F3N5O. The van der Waals surface area contributed by atoms with E-state index in [-0.39, 0.29) is 17.3 Å². The average Bonchev–Trinajstić information content (AvgIpc) is 3.20. The summed E-state index contributed by atoms with van der Waals surface area (Å²) in [5.74, 6) is 0.623. The Hall–Kier alpha value is -3.15. The summed E-state index contributed by atoms with van der Waals surface area (Å²) in [6, 6.07) is 6.37. The van der Waals surface area contributed by atoms with Crippen LogP contribution in [0.5, 0.6) is 0 Å². The minimum absolute atomic E-state index is 0.0666. The Morgan fingerprint density at radius 2 is 1.88 bits per heavy atom. The minimum atomic E-state index is -4.41. The number of oxazole rings is 1. The van der Waals surface area contributed by atoms with Gasteiger partial charge in [-0.1, -0.05) is 6.92 Å². The molecule has 1 N–H and O–H groups in total. The van der Waals surface area contributed by atoms with Gasteiger partial charge in [0, 0.05) is 12.0 Å². The number of aryl methyl sites for hydroxylation is 1. The van der Waals surface area contributed by atoms with Crippen LogP contribution in [0.4, 0.5) is 13.2 Å². The summed E-state index contributed by atoms with van der Waals surface area (Å²) in [5.41, 5.74) is 0.300. The molecule has 3 aromatic rings. The molecule has 0 fully saturated rings. The lowest BCUT2D eigenvalue weighted by Crippen LogP contribution is -2.03. The second kappa shape index (κ2) is 5.81. The van der Waals surface area contributed by atoms with Crippen molar-refractivity contribution in [2.75, 3.05) is 0 Å². The van der Waals surface area contributed by atoms with E-state index in [2.05, 4.69) is 20.4 Å². The monoisotopic (exact) mass is 333 g/mol. The lowest BCUT2D eigenvalue weighted by molar-refractivity contribution is -0.137. The molecule has 0 radical (unpaired) electrons. The summed E-state index contributed by atoms with van der Waals surface area (Å²) in [6.07, 6.45) is -3.93. The van der Waals surface area contributed by atoms with E-state index in [1.807, 2.05) is 13.0 Å². The number of rotatable bonds is 3. The number of nitriles is 1. The molecule has 122 valence electrons. The Labute approximate surface area is 133 Å². The molecule has 0 aliphatic heterocycles. The lowest BCUT2D eigenvalue weighted by atomic mass is 10.1. The number of halogens is 3. The first-order valence-corrected chi connectivity index (χ1v) is 6.92. The molecule has 0 saturated heterocycles. The Morgan fingerprint density at radius 3 is 2.46 bits per heavy atom. The summed E-state index contributed by atoms with van der Waals surface area (Å²) in [4.78, 5) is 4.27. The van der Waals surface area contributed by atoms with Crippen molar-refractivity contribution in [2.24, 2.45) is 0 Å². The van der Waals surface area contributed by atoms with Crippen molar-refractivity contribution in [1.29, 1.82) is 5.26 Å². The fourth-order valence-corrected chi connectivity index (χ4v) is 2.18. The van der Waals surface area contributed by atoms with E-state index in [0.717, 1.165) is 12.1 Å². The van der Waals surface area contributed by atoms with Crippen LogP contribution in [0.15, 0.2) is 28.7 Å². The Morgan fingerprint density at radius 1 is 1.17 bits per heavy atom. The molecule has 0 saturated carbocycles. The quantitative estimate of drug-likeness (QED) is 0.791. The van der Waals surface area contributed by atoms with Gasteiger partial charge in [-0.3, -0.25) is 0 Å². The third-order valence-corrected chi connectivity index (χ3v) is 3.36. The van der Waals surface area contributed by atoms with Crippen LogP contribution in [0.1, 0.15) is 23.9 Å². The third kappa shape index (κ3) is 2.74. The number of H-pyrrole nitrogens is 1. The molecule has 0 spiro atoms. The van der Waals surface area contributed by atoms with Gasteiger partial charge in [-0.25, -0.2) is 4.98 Å².